The quantitative estimate of drug-likeness (QED) is 0.274. The summed E-state index contributed by atoms with van der Waals surface area (Å²) in [5.41, 5.74) is 1.97. The fourth-order valence-corrected chi connectivity index (χ4v) is 4.12. The van der Waals surface area contributed by atoms with E-state index in [2.05, 4.69) is 5.32 Å². The van der Waals surface area contributed by atoms with Gasteiger partial charge in [0.25, 0.3) is 0 Å². The van der Waals surface area contributed by atoms with Crippen molar-refractivity contribution in [1.29, 1.82) is 0 Å². The van der Waals surface area contributed by atoms with E-state index >= 15 is 0 Å². The maximum Gasteiger partial charge on any atom is 0.326 e. The molecule has 0 aliphatic rings. The Bertz CT molecular complexity index is 1100. The largest absolute Gasteiger partial charge is 0.491 e. The molecule has 0 spiro atoms. The highest BCUT2D eigenvalue weighted by molar-refractivity contribution is 5.76. The van der Waals surface area contributed by atoms with Crippen molar-refractivity contribution in [1.82, 2.24) is 5.32 Å². The molecule has 4 aromatic carbocycles. The fourth-order valence-electron chi connectivity index (χ4n) is 4.12. The van der Waals surface area contributed by atoms with Crippen LogP contribution in [0.5, 0.6) is 5.75 Å². The molecule has 4 rings (SSSR count). The molecule has 0 saturated heterocycles. The lowest BCUT2D eigenvalue weighted by Crippen LogP contribution is -2.55. The molecule has 0 heterocycles. The summed E-state index contributed by atoms with van der Waals surface area (Å²) < 4.78 is 24.6. The minimum atomic E-state index is -0.881. The first-order chi connectivity index (χ1) is 16.6. The van der Waals surface area contributed by atoms with Crippen molar-refractivity contribution < 1.29 is 18.7 Å². The van der Waals surface area contributed by atoms with Gasteiger partial charge in [0, 0.05) is 6.07 Å². The predicted molar refractivity (Wildman–Crippen MR) is 130 cm³/mol. The summed E-state index contributed by atoms with van der Waals surface area (Å²) in [6, 6.07) is 34.8. The van der Waals surface area contributed by atoms with E-state index in [1.165, 1.54) is 19.2 Å². The van der Waals surface area contributed by atoms with Crippen LogP contribution in [0.15, 0.2) is 115 Å². The molecule has 4 nitrogen and oxygen atoms in total. The molecule has 1 atom stereocenters. The average molecular weight is 456 g/mol. The van der Waals surface area contributed by atoms with Gasteiger partial charge in [0.05, 0.1) is 12.6 Å². The summed E-state index contributed by atoms with van der Waals surface area (Å²) in [4.78, 5) is 12.9. The lowest BCUT2D eigenvalue weighted by atomic mass is 9.76. The number of esters is 1. The Morgan fingerprint density at radius 2 is 1.29 bits per heavy atom. The minimum absolute atomic E-state index is 0.0512. The molecular weight excluding hydrogens is 429 g/mol. The molecule has 0 saturated carbocycles. The molecule has 0 bridgehead atoms. The number of carbonyl (C=O) groups is 1. The highest BCUT2D eigenvalue weighted by atomic mass is 19.1. The van der Waals surface area contributed by atoms with Crippen LogP contribution in [0.25, 0.3) is 0 Å². The number of nitrogens with one attached hydrogen (secondary N) is 1. The van der Waals surface area contributed by atoms with Gasteiger partial charge in [-0.25, -0.2) is 4.39 Å². The lowest BCUT2D eigenvalue weighted by molar-refractivity contribution is -0.144. The van der Waals surface area contributed by atoms with E-state index in [1.807, 2.05) is 91.0 Å². The first-order valence-corrected chi connectivity index (χ1v) is 11.0. The summed E-state index contributed by atoms with van der Waals surface area (Å²) in [5.74, 6) is -0.559. The van der Waals surface area contributed by atoms with Crippen LogP contribution in [-0.4, -0.2) is 25.7 Å². The normalized spacial score (nSPS) is 12.1. The van der Waals surface area contributed by atoms with Crippen LogP contribution in [0.4, 0.5) is 4.39 Å². The number of rotatable bonds is 9. The molecule has 1 unspecified atom stereocenters. The van der Waals surface area contributed by atoms with E-state index in [1.54, 1.807) is 12.1 Å². The molecule has 4 aromatic rings. The zero-order valence-corrected chi connectivity index (χ0v) is 18.9. The summed E-state index contributed by atoms with van der Waals surface area (Å²) in [6.07, 6.45) is 0. The van der Waals surface area contributed by atoms with Crippen LogP contribution in [-0.2, 0) is 15.1 Å². The molecule has 0 radical (unpaired) electrons. The third-order valence-electron chi connectivity index (χ3n) is 5.71. The predicted octanol–water partition coefficient (Wildman–Crippen LogP) is 5.33. The molecule has 0 aliphatic carbocycles. The van der Waals surface area contributed by atoms with Gasteiger partial charge in [0.2, 0.25) is 0 Å². The highest BCUT2D eigenvalue weighted by Gasteiger charge is 2.40. The van der Waals surface area contributed by atoms with Gasteiger partial charge in [-0.2, -0.15) is 0 Å². The van der Waals surface area contributed by atoms with Crippen molar-refractivity contribution in [2.75, 3.05) is 13.7 Å². The first-order valence-electron chi connectivity index (χ1n) is 11.0. The van der Waals surface area contributed by atoms with E-state index in [-0.39, 0.29) is 6.61 Å². The molecule has 0 aliphatic heterocycles. The third-order valence-corrected chi connectivity index (χ3v) is 5.71. The van der Waals surface area contributed by atoms with Gasteiger partial charge >= 0.3 is 5.97 Å². The van der Waals surface area contributed by atoms with E-state index in [9.17, 15) is 9.18 Å². The molecule has 0 amide bonds. The number of hydrogen-bond donors (Lipinski definition) is 1. The Balaban J connectivity index is 1.82. The summed E-state index contributed by atoms with van der Waals surface area (Å²) in [7, 11) is 1.34. The smallest absolute Gasteiger partial charge is 0.326 e. The maximum absolute atomic E-state index is 13.7. The Morgan fingerprint density at radius 3 is 1.74 bits per heavy atom. The van der Waals surface area contributed by atoms with E-state index in [4.69, 9.17) is 9.47 Å². The zero-order valence-electron chi connectivity index (χ0n) is 18.9. The monoisotopic (exact) mass is 455 g/mol. The standard InChI is InChI=1S/C29H26FNO3/c1-33-28(32)27(21-34-26-19-11-18-25(30)20-26)31-29(22-12-5-2-6-13-22,23-14-7-3-8-15-23)24-16-9-4-10-17-24/h2-20,27,31H,21H2,1H3. The number of hydrogen-bond acceptors (Lipinski definition) is 4. The fraction of sp³-hybridized carbons (Fsp3) is 0.138. The lowest BCUT2D eigenvalue weighted by Gasteiger charge is -2.39. The second-order valence-corrected chi connectivity index (χ2v) is 7.84. The molecule has 5 heteroatoms. The van der Waals surface area contributed by atoms with Gasteiger partial charge in [-0.05, 0) is 28.8 Å². The summed E-state index contributed by atoms with van der Waals surface area (Å²) in [5, 5.41) is 3.56. The van der Waals surface area contributed by atoms with Gasteiger partial charge in [0.15, 0.2) is 0 Å². The maximum atomic E-state index is 13.7. The van der Waals surface area contributed by atoms with Crippen molar-refractivity contribution in [3.63, 3.8) is 0 Å². The van der Waals surface area contributed by atoms with Crippen LogP contribution >= 0.6 is 0 Å². The Morgan fingerprint density at radius 1 is 0.794 bits per heavy atom. The van der Waals surface area contributed by atoms with Gasteiger partial charge < -0.3 is 9.47 Å². The summed E-state index contributed by atoms with van der Waals surface area (Å²) >= 11 is 0. The summed E-state index contributed by atoms with van der Waals surface area (Å²) in [6.45, 7) is -0.0512. The first kappa shape index (κ1) is 23.2. The van der Waals surface area contributed by atoms with Crippen LogP contribution in [0.2, 0.25) is 0 Å². The van der Waals surface area contributed by atoms with E-state index in [0.717, 1.165) is 16.7 Å². The second-order valence-electron chi connectivity index (χ2n) is 7.84. The molecule has 172 valence electrons. The third kappa shape index (κ3) is 5.00. The van der Waals surface area contributed by atoms with Crippen molar-refractivity contribution >= 4 is 5.97 Å². The van der Waals surface area contributed by atoms with Crippen molar-refractivity contribution in [3.05, 3.63) is 138 Å². The minimum Gasteiger partial charge on any atom is -0.491 e. The number of ether oxygens (including phenoxy) is 2. The van der Waals surface area contributed by atoms with Gasteiger partial charge in [-0.3, -0.25) is 10.1 Å². The molecule has 1 N–H and O–H groups in total. The van der Waals surface area contributed by atoms with E-state index < -0.39 is 23.4 Å². The molecule has 0 fully saturated rings. The molecule has 0 aromatic heterocycles. The van der Waals surface area contributed by atoms with Crippen LogP contribution in [0, 0.1) is 5.82 Å². The number of halogens is 1. The van der Waals surface area contributed by atoms with E-state index in [0.29, 0.717) is 5.75 Å². The van der Waals surface area contributed by atoms with Crippen LogP contribution in [0.3, 0.4) is 0 Å². The number of benzene rings is 4. The van der Waals surface area contributed by atoms with Gasteiger partial charge in [-0.1, -0.05) is 97.1 Å². The number of methoxy groups -OCH3 is 1. The van der Waals surface area contributed by atoms with Crippen molar-refractivity contribution in [2.24, 2.45) is 0 Å². The van der Waals surface area contributed by atoms with Crippen LogP contribution < -0.4 is 10.1 Å². The van der Waals surface area contributed by atoms with Gasteiger partial charge in [0.1, 0.15) is 24.2 Å². The average Bonchev–Trinajstić information content (AvgIpc) is 2.90. The van der Waals surface area contributed by atoms with Crippen molar-refractivity contribution in [2.45, 2.75) is 11.6 Å². The molecular formula is C29H26FNO3. The number of carbonyl (C=O) groups excluding carboxylic acids is 1. The Hall–Kier alpha value is -3.96. The van der Waals surface area contributed by atoms with Crippen LogP contribution in [0.1, 0.15) is 16.7 Å². The Labute approximate surface area is 199 Å². The molecule has 34 heavy (non-hydrogen) atoms. The van der Waals surface area contributed by atoms with Crippen molar-refractivity contribution in [3.8, 4) is 5.75 Å². The SMILES string of the molecule is COC(=O)C(COc1cccc(F)c1)NC(c1ccccc1)(c1ccccc1)c1ccccc1. The second kappa shape index (κ2) is 10.8. The zero-order chi connectivity index (χ0) is 23.8. The Kier molecular flexibility index (Phi) is 7.35. The topological polar surface area (TPSA) is 47.6 Å². The van der Waals surface area contributed by atoms with Gasteiger partial charge in [-0.15, -0.1) is 0 Å². The highest BCUT2D eigenvalue weighted by Crippen LogP contribution is 2.37.